The van der Waals surface area contributed by atoms with E-state index in [4.69, 9.17) is 0 Å². The number of hydrogen-bond acceptors (Lipinski definition) is 2. The average molecular weight is 370 g/mol. The van der Waals surface area contributed by atoms with E-state index in [0.717, 1.165) is 28.1 Å². The number of benzene rings is 2. The van der Waals surface area contributed by atoms with Crippen LogP contribution in [0.5, 0.6) is 0 Å². The molecule has 3 aromatic rings. The quantitative estimate of drug-likeness (QED) is 0.279. The summed E-state index contributed by atoms with van der Waals surface area (Å²) in [5, 5.41) is 2.59. The number of nitrogens with zero attached hydrogens (tertiary/aromatic N) is 1. The van der Waals surface area contributed by atoms with Gasteiger partial charge in [-0.05, 0) is 12.0 Å². The topological polar surface area (TPSA) is 39.1 Å². The largest absolute Gasteiger partial charge is 0.336 e. The van der Waals surface area contributed by atoms with E-state index in [-0.39, 0.29) is 6.04 Å². The van der Waals surface area contributed by atoms with Crippen molar-refractivity contribution in [3.63, 3.8) is 0 Å². The molecule has 0 amide bonds. The number of carbonyl (C=O) groups excluding carboxylic acids is 2. The van der Waals surface area contributed by atoms with E-state index < -0.39 is 5.78 Å². The van der Waals surface area contributed by atoms with Gasteiger partial charge in [-0.15, -0.1) is 0 Å². The van der Waals surface area contributed by atoms with E-state index in [9.17, 15) is 9.59 Å². The third-order valence-electron chi connectivity index (χ3n) is 4.00. The van der Waals surface area contributed by atoms with Crippen LogP contribution in [0, 0.1) is 0 Å². The van der Waals surface area contributed by atoms with Gasteiger partial charge in [-0.25, -0.2) is 0 Å². The molecule has 0 radical (unpaired) electrons. The molecule has 1 unspecified atom stereocenters. The lowest BCUT2D eigenvalue weighted by molar-refractivity contribution is -0.104. The SMILES string of the molecule is O=CC(=O)c1c2ccccc2cn1C(CCBr)c1ccccc1. The average Bonchev–Trinajstić information content (AvgIpc) is 2.98. The van der Waals surface area contributed by atoms with Crippen LogP contribution >= 0.6 is 15.9 Å². The molecule has 0 saturated carbocycles. The number of alkyl halides is 1. The molecule has 116 valence electrons. The van der Waals surface area contributed by atoms with Gasteiger partial charge in [-0.1, -0.05) is 70.5 Å². The first kappa shape index (κ1) is 15.7. The molecule has 0 aliphatic carbocycles. The summed E-state index contributed by atoms with van der Waals surface area (Å²) < 4.78 is 1.94. The smallest absolute Gasteiger partial charge is 0.242 e. The molecule has 1 aromatic heterocycles. The molecule has 0 bridgehead atoms. The fraction of sp³-hybridized carbons (Fsp3) is 0.158. The van der Waals surface area contributed by atoms with Crippen LogP contribution in [0.2, 0.25) is 0 Å². The molecule has 0 aliphatic rings. The van der Waals surface area contributed by atoms with E-state index in [2.05, 4.69) is 15.9 Å². The number of halogens is 1. The molecule has 3 nitrogen and oxygen atoms in total. The number of Topliss-reactive ketones (excluding diaryl/α,β-unsaturated/α-hetero) is 1. The minimum Gasteiger partial charge on any atom is -0.336 e. The summed E-state index contributed by atoms with van der Waals surface area (Å²) in [4.78, 5) is 23.4. The first-order valence-electron chi connectivity index (χ1n) is 7.46. The van der Waals surface area contributed by atoms with Crippen molar-refractivity contribution in [1.29, 1.82) is 0 Å². The standard InChI is InChI=1S/C19H16BrNO2/c20-11-10-17(14-6-2-1-3-7-14)21-12-15-8-4-5-9-16(15)19(21)18(23)13-22/h1-9,12-13,17H,10-11H2. The van der Waals surface area contributed by atoms with Crippen molar-refractivity contribution in [1.82, 2.24) is 4.57 Å². The molecule has 0 saturated heterocycles. The number of aldehydes is 1. The zero-order chi connectivity index (χ0) is 16.2. The van der Waals surface area contributed by atoms with E-state index in [1.54, 1.807) is 0 Å². The van der Waals surface area contributed by atoms with E-state index in [0.29, 0.717) is 12.0 Å². The summed E-state index contributed by atoms with van der Waals surface area (Å²) in [6, 6.07) is 17.7. The van der Waals surface area contributed by atoms with E-state index in [1.165, 1.54) is 0 Å². The molecule has 0 N–H and O–H groups in total. The number of ketones is 1. The van der Waals surface area contributed by atoms with Crippen LogP contribution in [0.4, 0.5) is 0 Å². The van der Waals surface area contributed by atoms with Crippen molar-refractivity contribution in [2.45, 2.75) is 12.5 Å². The van der Waals surface area contributed by atoms with Gasteiger partial charge in [0.05, 0.1) is 6.04 Å². The first-order valence-corrected chi connectivity index (χ1v) is 8.58. The Morgan fingerprint density at radius 3 is 2.48 bits per heavy atom. The number of hydrogen-bond donors (Lipinski definition) is 0. The highest BCUT2D eigenvalue weighted by atomic mass is 79.9. The van der Waals surface area contributed by atoms with Crippen molar-refractivity contribution in [3.05, 3.63) is 72.1 Å². The normalized spacial score (nSPS) is 12.2. The Hall–Kier alpha value is -2.20. The predicted molar refractivity (Wildman–Crippen MR) is 95.3 cm³/mol. The fourth-order valence-electron chi connectivity index (χ4n) is 2.99. The van der Waals surface area contributed by atoms with Gasteiger partial charge in [0.2, 0.25) is 5.78 Å². The highest BCUT2D eigenvalue weighted by Crippen LogP contribution is 2.30. The number of aromatic nitrogens is 1. The van der Waals surface area contributed by atoms with Crippen molar-refractivity contribution in [2.75, 3.05) is 5.33 Å². The summed E-state index contributed by atoms with van der Waals surface area (Å²) in [7, 11) is 0. The van der Waals surface area contributed by atoms with Crippen molar-refractivity contribution in [3.8, 4) is 0 Å². The minimum absolute atomic E-state index is 0.00174. The summed E-state index contributed by atoms with van der Waals surface area (Å²) in [5.41, 5.74) is 1.58. The number of fused-ring (bicyclic) bond motifs is 1. The molecule has 0 spiro atoms. The maximum Gasteiger partial charge on any atom is 0.242 e. The predicted octanol–water partition coefficient (Wildman–Crippen LogP) is 4.40. The summed E-state index contributed by atoms with van der Waals surface area (Å²) in [6.45, 7) is 0. The Kier molecular flexibility index (Phi) is 4.72. The highest BCUT2D eigenvalue weighted by Gasteiger charge is 2.22. The summed E-state index contributed by atoms with van der Waals surface area (Å²) in [6.07, 6.45) is 3.19. The second-order valence-corrected chi connectivity index (χ2v) is 6.15. The Morgan fingerprint density at radius 1 is 1.09 bits per heavy atom. The van der Waals surface area contributed by atoms with Crippen LogP contribution in [0.15, 0.2) is 60.8 Å². The van der Waals surface area contributed by atoms with Crippen LogP contribution in [0.1, 0.15) is 28.5 Å². The van der Waals surface area contributed by atoms with Gasteiger partial charge < -0.3 is 4.57 Å². The molecular formula is C19H16BrNO2. The summed E-state index contributed by atoms with van der Waals surface area (Å²) in [5.74, 6) is -0.485. The molecule has 2 aromatic carbocycles. The van der Waals surface area contributed by atoms with Crippen molar-refractivity contribution >= 4 is 38.8 Å². The Morgan fingerprint density at radius 2 is 1.78 bits per heavy atom. The Balaban J connectivity index is 2.23. The Bertz CT molecular complexity index is 839. The number of rotatable bonds is 6. The lowest BCUT2D eigenvalue weighted by atomic mass is 10.0. The fourth-order valence-corrected chi connectivity index (χ4v) is 3.42. The van der Waals surface area contributed by atoms with Gasteiger partial charge in [0, 0.05) is 22.3 Å². The molecule has 1 atom stereocenters. The second-order valence-electron chi connectivity index (χ2n) is 5.36. The van der Waals surface area contributed by atoms with Gasteiger partial charge in [-0.3, -0.25) is 9.59 Å². The van der Waals surface area contributed by atoms with Gasteiger partial charge in [0.1, 0.15) is 5.69 Å². The van der Waals surface area contributed by atoms with Crippen molar-refractivity contribution in [2.24, 2.45) is 0 Å². The van der Waals surface area contributed by atoms with Gasteiger partial charge in [-0.2, -0.15) is 0 Å². The van der Waals surface area contributed by atoms with E-state index >= 15 is 0 Å². The van der Waals surface area contributed by atoms with Crippen LogP contribution in [-0.2, 0) is 4.79 Å². The first-order chi connectivity index (χ1) is 11.3. The van der Waals surface area contributed by atoms with Gasteiger partial charge in [0.15, 0.2) is 6.29 Å². The molecule has 1 heterocycles. The molecule has 4 heteroatoms. The lowest BCUT2D eigenvalue weighted by Crippen LogP contribution is -2.17. The second kappa shape index (κ2) is 6.92. The van der Waals surface area contributed by atoms with Crippen molar-refractivity contribution < 1.29 is 9.59 Å². The summed E-state index contributed by atoms with van der Waals surface area (Å²) >= 11 is 3.50. The monoisotopic (exact) mass is 369 g/mol. The van der Waals surface area contributed by atoms with Crippen LogP contribution < -0.4 is 0 Å². The zero-order valence-electron chi connectivity index (χ0n) is 12.5. The van der Waals surface area contributed by atoms with Crippen LogP contribution in [-0.4, -0.2) is 22.0 Å². The van der Waals surface area contributed by atoms with E-state index in [1.807, 2.05) is 65.4 Å². The molecule has 0 aliphatic heterocycles. The molecular weight excluding hydrogens is 354 g/mol. The highest BCUT2D eigenvalue weighted by molar-refractivity contribution is 9.09. The molecule has 3 rings (SSSR count). The zero-order valence-corrected chi connectivity index (χ0v) is 14.1. The third kappa shape index (κ3) is 2.99. The third-order valence-corrected chi connectivity index (χ3v) is 4.45. The lowest BCUT2D eigenvalue weighted by Gasteiger charge is -2.20. The molecule has 23 heavy (non-hydrogen) atoms. The van der Waals surface area contributed by atoms with Gasteiger partial charge in [0.25, 0.3) is 0 Å². The minimum atomic E-state index is -0.485. The van der Waals surface area contributed by atoms with Crippen LogP contribution in [0.3, 0.4) is 0 Å². The maximum atomic E-state index is 12.2. The molecule has 0 fully saturated rings. The van der Waals surface area contributed by atoms with Gasteiger partial charge >= 0.3 is 0 Å². The maximum absolute atomic E-state index is 12.2. The Labute approximate surface area is 143 Å². The van der Waals surface area contributed by atoms with Crippen LogP contribution in [0.25, 0.3) is 10.8 Å². The number of carbonyl (C=O) groups is 2.